The maximum atomic E-state index is 6.48. The first-order valence-electron chi connectivity index (χ1n) is 7.33. The summed E-state index contributed by atoms with van der Waals surface area (Å²) in [4.78, 5) is 2.27. The van der Waals surface area contributed by atoms with E-state index in [0.29, 0.717) is 18.7 Å². The van der Waals surface area contributed by atoms with Crippen LogP contribution >= 0.6 is 11.6 Å². The summed E-state index contributed by atoms with van der Waals surface area (Å²) in [5.74, 6) is 0. The average molecular weight is 299 g/mol. The minimum Gasteiger partial charge on any atom is -0.383 e. The Balaban J connectivity index is 2.95. The number of anilines is 1. The fraction of sp³-hybridized carbons (Fsp3) is 0.625. The monoisotopic (exact) mass is 298 g/mol. The predicted octanol–water partition coefficient (Wildman–Crippen LogP) is 3.87. The van der Waals surface area contributed by atoms with Gasteiger partial charge in [-0.3, -0.25) is 0 Å². The summed E-state index contributed by atoms with van der Waals surface area (Å²) in [6.45, 7) is 11.1. The van der Waals surface area contributed by atoms with Crippen LogP contribution in [0.3, 0.4) is 0 Å². The van der Waals surface area contributed by atoms with Crippen molar-refractivity contribution in [3.63, 3.8) is 0 Å². The van der Waals surface area contributed by atoms with Crippen LogP contribution in [0.25, 0.3) is 0 Å². The normalized spacial score (nSPS) is 14.1. The van der Waals surface area contributed by atoms with Gasteiger partial charge in [0.2, 0.25) is 0 Å². The van der Waals surface area contributed by atoms with Crippen LogP contribution in [0.4, 0.5) is 5.69 Å². The van der Waals surface area contributed by atoms with Crippen molar-refractivity contribution >= 4 is 17.3 Å². The third-order valence-electron chi connectivity index (χ3n) is 3.57. The topological polar surface area (TPSA) is 24.5 Å². The summed E-state index contributed by atoms with van der Waals surface area (Å²) >= 11 is 6.48. The van der Waals surface area contributed by atoms with Crippen LogP contribution in [-0.2, 0) is 4.74 Å². The van der Waals surface area contributed by atoms with Crippen LogP contribution in [-0.4, -0.2) is 32.8 Å². The Morgan fingerprint density at radius 3 is 2.50 bits per heavy atom. The number of rotatable bonds is 8. The number of methoxy groups -OCH3 is 1. The molecule has 1 aromatic carbocycles. The summed E-state index contributed by atoms with van der Waals surface area (Å²) in [5.41, 5.74) is 2.29. The van der Waals surface area contributed by atoms with Crippen LogP contribution in [0.1, 0.15) is 39.3 Å². The Hall–Kier alpha value is -0.770. The second-order valence-corrected chi connectivity index (χ2v) is 5.49. The average Bonchev–Trinajstić information content (AvgIpc) is 2.42. The lowest BCUT2D eigenvalue weighted by Crippen LogP contribution is -2.36. The number of likely N-dealkylation sites (N-methyl/N-ethyl adjacent to an activating group) is 1. The Morgan fingerprint density at radius 2 is 2.00 bits per heavy atom. The zero-order chi connectivity index (χ0) is 15.1. The summed E-state index contributed by atoms with van der Waals surface area (Å²) in [7, 11) is 1.73. The van der Waals surface area contributed by atoms with Crippen LogP contribution < -0.4 is 10.2 Å². The minimum absolute atomic E-state index is 0.305. The van der Waals surface area contributed by atoms with Crippen molar-refractivity contribution in [2.45, 2.75) is 39.8 Å². The van der Waals surface area contributed by atoms with Gasteiger partial charge in [-0.1, -0.05) is 24.6 Å². The van der Waals surface area contributed by atoms with Crippen LogP contribution in [0.15, 0.2) is 18.2 Å². The van der Waals surface area contributed by atoms with Gasteiger partial charge in [0.25, 0.3) is 0 Å². The van der Waals surface area contributed by atoms with Crippen molar-refractivity contribution < 1.29 is 4.74 Å². The summed E-state index contributed by atoms with van der Waals surface area (Å²) in [6, 6.07) is 6.95. The van der Waals surface area contributed by atoms with Gasteiger partial charge in [-0.05, 0) is 45.0 Å². The van der Waals surface area contributed by atoms with E-state index in [9.17, 15) is 0 Å². The van der Waals surface area contributed by atoms with Crippen molar-refractivity contribution in [3.05, 3.63) is 28.8 Å². The third-order valence-corrected chi connectivity index (χ3v) is 3.87. The van der Waals surface area contributed by atoms with E-state index in [1.54, 1.807) is 7.11 Å². The fourth-order valence-corrected chi connectivity index (χ4v) is 2.80. The molecular formula is C16H27ClN2O. The SMILES string of the molecule is CCNC(C)c1ccc(N(CC)C(C)COC)c(Cl)c1. The summed E-state index contributed by atoms with van der Waals surface area (Å²) < 4.78 is 5.25. The molecule has 1 rings (SSSR count). The standard InChI is InChI=1S/C16H27ClN2O/c1-6-18-13(4)14-8-9-16(15(17)10-14)19(7-2)12(3)11-20-5/h8-10,12-13,18H,6-7,11H2,1-5H3. The molecule has 0 spiro atoms. The van der Waals surface area contributed by atoms with Gasteiger partial charge in [-0.2, -0.15) is 0 Å². The Labute approximate surface area is 128 Å². The Bertz CT molecular complexity index is 411. The lowest BCUT2D eigenvalue weighted by Gasteiger charge is -2.31. The first kappa shape index (κ1) is 17.3. The Morgan fingerprint density at radius 1 is 1.30 bits per heavy atom. The molecule has 20 heavy (non-hydrogen) atoms. The number of ether oxygens (including phenoxy) is 1. The minimum atomic E-state index is 0.305. The fourth-order valence-electron chi connectivity index (χ4n) is 2.50. The van der Waals surface area contributed by atoms with Gasteiger partial charge in [0, 0.05) is 25.7 Å². The maximum absolute atomic E-state index is 6.48. The molecule has 114 valence electrons. The number of halogens is 1. The van der Waals surface area contributed by atoms with Crippen molar-refractivity contribution in [2.75, 3.05) is 31.7 Å². The molecule has 0 saturated carbocycles. The van der Waals surface area contributed by atoms with E-state index in [1.165, 1.54) is 5.56 Å². The van der Waals surface area contributed by atoms with Crippen molar-refractivity contribution in [1.82, 2.24) is 5.32 Å². The van der Waals surface area contributed by atoms with Crippen LogP contribution in [0.2, 0.25) is 5.02 Å². The second-order valence-electron chi connectivity index (χ2n) is 5.08. The van der Waals surface area contributed by atoms with E-state index in [1.807, 2.05) is 0 Å². The van der Waals surface area contributed by atoms with E-state index in [4.69, 9.17) is 16.3 Å². The number of hydrogen-bond donors (Lipinski definition) is 1. The largest absolute Gasteiger partial charge is 0.383 e. The highest BCUT2D eigenvalue weighted by Gasteiger charge is 2.16. The highest BCUT2D eigenvalue weighted by molar-refractivity contribution is 6.33. The van der Waals surface area contributed by atoms with Gasteiger partial charge in [0.15, 0.2) is 0 Å². The number of hydrogen-bond acceptors (Lipinski definition) is 3. The molecule has 4 heteroatoms. The first-order valence-corrected chi connectivity index (χ1v) is 7.71. The van der Waals surface area contributed by atoms with E-state index in [2.05, 4.69) is 56.1 Å². The zero-order valence-corrected chi connectivity index (χ0v) is 14.0. The molecule has 0 aliphatic carbocycles. The molecule has 0 saturated heterocycles. The van der Waals surface area contributed by atoms with E-state index < -0.39 is 0 Å². The van der Waals surface area contributed by atoms with Gasteiger partial charge < -0.3 is 15.0 Å². The highest BCUT2D eigenvalue weighted by Crippen LogP contribution is 2.30. The van der Waals surface area contributed by atoms with Crippen LogP contribution in [0.5, 0.6) is 0 Å². The predicted molar refractivity (Wildman–Crippen MR) is 87.9 cm³/mol. The van der Waals surface area contributed by atoms with Gasteiger partial charge in [-0.25, -0.2) is 0 Å². The smallest absolute Gasteiger partial charge is 0.0663 e. The summed E-state index contributed by atoms with van der Waals surface area (Å²) in [5, 5.41) is 4.21. The van der Waals surface area contributed by atoms with E-state index in [-0.39, 0.29) is 0 Å². The molecule has 0 fully saturated rings. The van der Waals surface area contributed by atoms with Crippen molar-refractivity contribution in [2.24, 2.45) is 0 Å². The molecule has 3 nitrogen and oxygen atoms in total. The molecule has 0 amide bonds. The lowest BCUT2D eigenvalue weighted by molar-refractivity contribution is 0.182. The second kappa shape index (κ2) is 8.50. The molecular weight excluding hydrogens is 272 g/mol. The van der Waals surface area contributed by atoms with E-state index >= 15 is 0 Å². The summed E-state index contributed by atoms with van der Waals surface area (Å²) in [6.07, 6.45) is 0. The lowest BCUT2D eigenvalue weighted by atomic mass is 10.1. The first-order chi connectivity index (χ1) is 9.54. The van der Waals surface area contributed by atoms with Gasteiger partial charge in [0.05, 0.1) is 17.3 Å². The molecule has 0 aliphatic rings. The molecule has 0 heterocycles. The van der Waals surface area contributed by atoms with Gasteiger partial charge in [-0.15, -0.1) is 0 Å². The quantitative estimate of drug-likeness (QED) is 0.788. The van der Waals surface area contributed by atoms with Gasteiger partial charge >= 0.3 is 0 Å². The third kappa shape index (κ3) is 4.37. The molecule has 0 aromatic heterocycles. The van der Waals surface area contributed by atoms with Gasteiger partial charge in [0.1, 0.15) is 0 Å². The molecule has 0 bridgehead atoms. The molecule has 0 radical (unpaired) electrons. The van der Waals surface area contributed by atoms with Crippen molar-refractivity contribution in [1.29, 1.82) is 0 Å². The number of nitrogens with one attached hydrogen (secondary N) is 1. The van der Waals surface area contributed by atoms with Crippen molar-refractivity contribution in [3.8, 4) is 0 Å². The maximum Gasteiger partial charge on any atom is 0.0663 e. The molecule has 1 N–H and O–H groups in total. The zero-order valence-electron chi connectivity index (χ0n) is 13.2. The highest BCUT2D eigenvalue weighted by atomic mass is 35.5. The van der Waals surface area contributed by atoms with Crippen LogP contribution in [0, 0.1) is 0 Å². The number of nitrogens with zero attached hydrogens (tertiary/aromatic N) is 1. The van der Waals surface area contributed by atoms with E-state index in [0.717, 1.165) is 23.8 Å². The molecule has 2 unspecified atom stereocenters. The Kier molecular flexibility index (Phi) is 7.35. The molecule has 2 atom stereocenters. The number of benzene rings is 1. The molecule has 1 aromatic rings. The molecule has 0 aliphatic heterocycles.